The van der Waals surface area contributed by atoms with E-state index in [1.165, 1.54) is 71.3 Å². The van der Waals surface area contributed by atoms with Crippen LogP contribution in [0.1, 0.15) is 90.4 Å². The Morgan fingerprint density at radius 1 is 0.920 bits per heavy atom. The predicted molar refractivity (Wildman–Crippen MR) is 105 cm³/mol. The highest BCUT2D eigenvalue weighted by atomic mass is 35.5. The van der Waals surface area contributed by atoms with Gasteiger partial charge in [-0.2, -0.15) is 0 Å². The molecule has 1 aliphatic heterocycles. The van der Waals surface area contributed by atoms with Gasteiger partial charge in [-0.25, -0.2) is 0 Å². The van der Waals surface area contributed by atoms with E-state index in [4.69, 9.17) is 16.3 Å². The van der Waals surface area contributed by atoms with Crippen LogP contribution in [0.4, 0.5) is 0 Å². The SMILES string of the molecule is CCCCCCC[C@@H]1COC[C@@H](CCCCCCCC(=O)OC)[C@H]1Cl. The fraction of sp³-hybridized carbons (Fsp3) is 0.952. The Hall–Kier alpha value is -0.280. The van der Waals surface area contributed by atoms with Crippen LogP contribution in [0.2, 0.25) is 0 Å². The molecule has 0 unspecified atom stereocenters. The lowest BCUT2D eigenvalue weighted by Crippen LogP contribution is -2.36. The van der Waals surface area contributed by atoms with E-state index in [1.807, 2.05) is 0 Å². The van der Waals surface area contributed by atoms with Gasteiger partial charge in [-0.3, -0.25) is 4.79 Å². The molecule has 0 aromatic heterocycles. The van der Waals surface area contributed by atoms with Crippen molar-refractivity contribution in [3.63, 3.8) is 0 Å². The summed E-state index contributed by atoms with van der Waals surface area (Å²) in [6.45, 7) is 3.95. The van der Waals surface area contributed by atoms with Crippen LogP contribution in [0.3, 0.4) is 0 Å². The van der Waals surface area contributed by atoms with E-state index in [9.17, 15) is 4.79 Å². The first-order valence-corrected chi connectivity index (χ1v) is 10.9. The van der Waals surface area contributed by atoms with Crippen LogP contribution >= 0.6 is 11.6 Å². The molecule has 1 saturated heterocycles. The Bertz CT molecular complexity index is 335. The number of esters is 1. The fourth-order valence-electron chi connectivity index (χ4n) is 3.74. The summed E-state index contributed by atoms with van der Waals surface area (Å²) in [6.07, 6.45) is 15.3. The van der Waals surface area contributed by atoms with Gasteiger partial charge < -0.3 is 9.47 Å². The normalized spacial score (nSPS) is 23.6. The Kier molecular flexibility index (Phi) is 13.5. The number of halogens is 1. The number of ether oxygens (including phenoxy) is 2. The number of unbranched alkanes of at least 4 members (excludes halogenated alkanes) is 8. The van der Waals surface area contributed by atoms with Gasteiger partial charge in [0.1, 0.15) is 0 Å². The smallest absolute Gasteiger partial charge is 0.305 e. The largest absolute Gasteiger partial charge is 0.469 e. The van der Waals surface area contributed by atoms with Crippen LogP contribution in [-0.2, 0) is 14.3 Å². The maximum Gasteiger partial charge on any atom is 0.305 e. The molecule has 0 amide bonds. The van der Waals surface area contributed by atoms with Crippen LogP contribution in [0, 0.1) is 11.8 Å². The third-order valence-corrected chi connectivity index (χ3v) is 6.14. The molecule has 1 fully saturated rings. The maximum atomic E-state index is 11.1. The molecule has 0 saturated carbocycles. The van der Waals surface area contributed by atoms with Gasteiger partial charge in [-0.15, -0.1) is 11.6 Å². The van der Waals surface area contributed by atoms with E-state index in [0.717, 1.165) is 26.1 Å². The summed E-state index contributed by atoms with van der Waals surface area (Å²) in [5, 5.41) is 0.291. The zero-order valence-corrected chi connectivity index (χ0v) is 17.2. The highest BCUT2D eigenvalue weighted by Gasteiger charge is 2.31. The minimum atomic E-state index is -0.0925. The Morgan fingerprint density at radius 3 is 2.00 bits per heavy atom. The van der Waals surface area contributed by atoms with Gasteiger partial charge in [-0.1, -0.05) is 64.7 Å². The molecular weight excluding hydrogens is 336 g/mol. The van der Waals surface area contributed by atoms with E-state index < -0.39 is 0 Å². The maximum absolute atomic E-state index is 11.1. The molecule has 148 valence electrons. The van der Waals surface area contributed by atoms with Crippen LogP contribution in [0.5, 0.6) is 0 Å². The summed E-state index contributed by atoms with van der Waals surface area (Å²) in [5.41, 5.74) is 0. The second kappa shape index (κ2) is 14.8. The first-order valence-electron chi connectivity index (χ1n) is 10.5. The third kappa shape index (κ3) is 10.5. The number of carbonyl (C=O) groups is 1. The zero-order valence-electron chi connectivity index (χ0n) is 16.4. The molecule has 25 heavy (non-hydrogen) atoms. The summed E-state index contributed by atoms with van der Waals surface area (Å²) < 4.78 is 10.5. The summed E-state index contributed by atoms with van der Waals surface area (Å²) in [5.74, 6) is 0.971. The molecule has 1 rings (SSSR count). The molecule has 0 bridgehead atoms. The van der Waals surface area contributed by atoms with Crippen molar-refractivity contribution in [2.75, 3.05) is 20.3 Å². The van der Waals surface area contributed by atoms with Gasteiger partial charge in [0.05, 0.1) is 20.3 Å². The molecule has 0 aromatic carbocycles. The molecule has 1 aliphatic rings. The van der Waals surface area contributed by atoms with Gasteiger partial charge in [0.25, 0.3) is 0 Å². The van der Waals surface area contributed by atoms with Gasteiger partial charge in [0.2, 0.25) is 0 Å². The van der Waals surface area contributed by atoms with Crippen LogP contribution in [-0.4, -0.2) is 31.7 Å². The average Bonchev–Trinajstić information content (AvgIpc) is 2.62. The molecular formula is C21H39ClO3. The molecule has 0 N–H and O–H groups in total. The second-order valence-electron chi connectivity index (χ2n) is 7.59. The summed E-state index contributed by atoms with van der Waals surface area (Å²) in [7, 11) is 1.45. The number of hydrogen-bond acceptors (Lipinski definition) is 3. The minimum Gasteiger partial charge on any atom is -0.469 e. The van der Waals surface area contributed by atoms with Crippen molar-refractivity contribution in [2.24, 2.45) is 11.8 Å². The van der Waals surface area contributed by atoms with Crippen LogP contribution in [0.25, 0.3) is 0 Å². The van der Waals surface area contributed by atoms with Crippen molar-refractivity contribution in [2.45, 2.75) is 95.8 Å². The van der Waals surface area contributed by atoms with Gasteiger partial charge >= 0.3 is 5.97 Å². The van der Waals surface area contributed by atoms with E-state index >= 15 is 0 Å². The summed E-state index contributed by atoms with van der Waals surface area (Å²) in [6, 6.07) is 0. The molecule has 3 nitrogen and oxygen atoms in total. The van der Waals surface area contributed by atoms with E-state index in [0.29, 0.717) is 23.6 Å². The van der Waals surface area contributed by atoms with Crippen molar-refractivity contribution in [3.05, 3.63) is 0 Å². The number of carbonyl (C=O) groups excluding carboxylic acids is 1. The lowest BCUT2D eigenvalue weighted by molar-refractivity contribution is -0.140. The summed E-state index contributed by atoms with van der Waals surface area (Å²) >= 11 is 6.77. The summed E-state index contributed by atoms with van der Waals surface area (Å²) in [4.78, 5) is 11.1. The topological polar surface area (TPSA) is 35.5 Å². The molecule has 3 atom stereocenters. The van der Waals surface area contributed by atoms with Crippen molar-refractivity contribution in [3.8, 4) is 0 Å². The highest BCUT2D eigenvalue weighted by molar-refractivity contribution is 6.21. The van der Waals surface area contributed by atoms with Gasteiger partial charge in [0, 0.05) is 11.8 Å². The minimum absolute atomic E-state index is 0.0925. The number of hydrogen-bond donors (Lipinski definition) is 0. The second-order valence-corrected chi connectivity index (χ2v) is 8.09. The quantitative estimate of drug-likeness (QED) is 0.209. The van der Waals surface area contributed by atoms with Crippen molar-refractivity contribution >= 4 is 17.6 Å². The van der Waals surface area contributed by atoms with E-state index in [1.54, 1.807) is 0 Å². The first-order chi connectivity index (χ1) is 12.2. The lowest BCUT2D eigenvalue weighted by atomic mass is 9.85. The molecule has 0 aliphatic carbocycles. The first kappa shape index (κ1) is 22.8. The zero-order chi connectivity index (χ0) is 18.3. The third-order valence-electron chi connectivity index (χ3n) is 5.43. The standard InChI is InChI=1S/C21H39ClO3/c1-3-4-5-7-10-13-18-16-25-17-19(21(18)22)14-11-8-6-9-12-15-20(23)24-2/h18-19,21H,3-17H2,1-2H3/t18-,19-,21+/m1/s1. The molecule has 0 radical (unpaired) electrons. The van der Waals surface area contributed by atoms with Crippen molar-refractivity contribution in [1.82, 2.24) is 0 Å². The van der Waals surface area contributed by atoms with E-state index in [2.05, 4.69) is 11.7 Å². The van der Waals surface area contributed by atoms with Gasteiger partial charge in [-0.05, 0) is 31.1 Å². The number of rotatable bonds is 14. The number of methoxy groups -OCH3 is 1. The predicted octanol–water partition coefficient (Wildman–Crippen LogP) is 6.12. The Labute approximate surface area is 160 Å². The van der Waals surface area contributed by atoms with Crippen molar-refractivity contribution < 1.29 is 14.3 Å². The van der Waals surface area contributed by atoms with Crippen LogP contribution in [0.15, 0.2) is 0 Å². The Morgan fingerprint density at radius 2 is 1.44 bits per heavy atom. The molecule has 0 spiro atoms. The fourth-order valence-corrected chi connectivity index (χ4v) is 4.14. The monoisotopic (exact) mass is 374 g/mol. The molecule has 1 heterocycles. The number of alkyl halides is 1. The molecule has 0 aromatic rings. The molecule has 4 heteroatoms. The van der Waals surface area contributed by atoms with Gasteiger partial charge in [0.15, 0.2) is 0 Å². The Balaban J connectivity index is 2.07. The van der Waals surface area contributed by atoms with Crippen molar-refractivity contribution in [1.29, 1.82) is 0 Å². The van der Waals surface area contributed by atoms with Crippen LogP contribution < -0.4 is 0 Å². The average molecular weight is 375 g/mol. The van der Waals surface area contributed by atoms with E-state index in [-0.39, 0.29) is 5.97 Å². The highest BCUT2D eigenvalue weighted by Crippen LogP contribution is 2.32. The lowest BCUT2D eigenvalue weighted by Gasteiger charge is -2.34.